The smallest absolute Gasteiger partial charge is 0.337 e. The molecule has 2 bridgehead atoms. The first-order chi connectivity index (χ1) is 10.6. The van der Waals surface area contributed by atoms with Crippen LogP contribution in [0.15, 0.2) is 35.9 Å². The molecule has 0 aliphatic heterocycles. The van der Waals surface area contributed by atoms with E-state index in [-0.39, 0.29) is 11.5 Å². The zero-order chi connectivity index (χ0) is 15.6. The number of rotatable bonds is 4. The second-order valence-corrected chi connectivity index (χ2v) is 6.93. The average Bonchev–Trinajstić information content (AvgIpc) is 2.52. The molecule has 0 spiro atoms. The number of esters is 1. The van der Waals surface area contributed by atoms with Crippen molar-refractivity contribution in [1.82, 2.24) is 5.32 Å². The summed E-state index contributed by atoms with van der Waals surface area (Å²) in [7, 11) is 1.41. The summed E-state index contributed by atoms with van der Waals surface area (Å²) in [6.07, 6.45) is 9.03. The average molecular weight is 299 g/mol. The zero-order valence-corrected chi connectivity index (χ0v) is 13.5. The SMILES string of the molecule is COC(=O)c1ccc(CNC2(C)C=C3CCCC(C3)C2)cc1. The Kier molecular flexibility index (Phi) is 4.34. The summed E-state index contributed by atoms with van der Waals surface area (Å²) in [6.45, 7) is 3.14. The van der Waals surface area contributed by atoms with Gasteiger partial charge in [0.25, 0.3) is 0 Å². The molecule has 22 heavy (non-hydrogen) atoms. The van der Waals surface area contributed by atoms with Crippen molar-refractivity contribution < 1.29 is 9.53 Å². The lowest BCUT2D eigenvalue weighted by molar-refractivity contribution is 0.0600. The summed E-state index contributed by atoms with van der Waals surface area (Å²) in [5.74, 6) is 0.573. The molecule has 1 N–H and O–H groups in total. The first-order valence-corrected chi connectivity index (χ1v) is 8.21. The van der Waals surface area contributed by atoms with Gasteiger partial charge in [0, 0.05) is 12.1 Å². The van der Waals surface area contributed by atoms with E-state index >= 15 is 0 Å². The number of nitrogens with one attached hydrogen (secondary N) is 1. The molecule has 0 amide bonds. The molecule has 0 aromatic heterocycles. The van der Waals surface area contributed by atoms with Gasteiger partial charge >= 0.3 is 5.97 Å². The van der Waals surface area contributed by atoms with Gasteiger partial charge in [-0.05, 0) is 62.6 Å². The molecule has 2 aliphatic carbocycles. The van der Waals surface area contributed by atoms with Crippen molar-refractivity contribution in [3.05, 3.63) is 47.0 Å². The number of allylic oxidation sites excluding steroid dienone is 1. The van der Waals surface area contributed by atoms with Crippen molar-refractivity contribution in [2.45, 2.75) is 51.1 Å². The third kappa shape index (κ3) is 3.41. The van der Waals surface area contributed by atoms with Crippen LogP contribution in [0.25, 0.3) is 0 Å². The Morgan fingerprint density at radius 1 is 1.36 bits per heavy atom. The van der Waals surface area contributed by atoms with E-state index in [9.17, 15) is 4.79 Å². The molecule has 0 radical (unpaired) electrons. The van der Waals surface area contributed by atoms with Crippen LogP contribution in [0.3, 0.4) is 0 Å². The van der Waals surface area contributed by atoms with Crippen LogP contribution in [-0.2, 0) is 11.3 Å². The molecule has 2 unspecified atom stereocenters. The number of fused-ring (bicyclic) bond motifs is 2. The maximum atomic E-state index is 11.4. The number of benzene rings is 1. The number of carbonyl (C=O) groups is 1. The maximum Gasteiger partial charge on any atom is 0.337 e. The fraction of sp³-hybridized carbons (Fsp3) is 0.526. The van der Waals surface area contributed by atoms with E-state index < -0.39 is 0 Å². The summed E-state index contributed by atoms with van der Waals surface area (Å²) >= 11 is 0. The molecular weight excluding hydrogens is 274 g/mol. The molecule has 1 saturated carbocycles. The number of carbonyl (C=O) groups excluding carboxylic acids is 1. The standard InChI is InChI=1S/C19H25NO2/c1-19(11-15-4-3-5-16(10-15)12-19)20-13-14-6-8-17(9-7-14)18(21)22-2/h6-9,11,16,20H,3-5,10,12-13H2,1-2H3. The number of hydrogen-bond donors (Lipinski definition) is 1. The summed E-state index contributed by atoms with van der Waals surface area (Å²) in [5.41, 5.74) is 3.55. The fourth-order valence-electron chi connectivity index (χ4n) is 3.91. The van der Waals surface area contributed by atoms with Gasteiger partial charge in [-0.2, -0.15) is 0 Å². The lowest BCUT2D eigenvalue weighted by Gasteiger charge is -2.40. The maximum absolute atomic E-state index is 11.4. The Bertz CT molecular complexity index is 576. The van der Waals surface area contributed by atoms with Gasteiger partial charge in [-0.25, -0.2) is 4.79 Å². The fourth-order valence-corrected chi connectivity index (χ4v) is 3.91. The van der Waals surface area contributed by atoms with Gasteiger partial charge in [-0.15, -0.1) is 0 Å². The largest absolute Gasteiger partial charge is 0.465 e. The minimum atomic E-state index is -0.281. The molecule has 0 saturated heterocycles. The molecule has 2 aliphatic rings. The highest BCUT2D eigenvalue weighted by Gasteiger charge is 2.32. The van der Waals surface area contributed by atoms with Crippen LogP contribution in [0.1, 0.15) is 54.9 Å². The summed E-state index contributed by atoms with van der Waals surface area (Å²) in [6, 6.07) is 7.66. The van der Waals surface area contributed by atoms with Gasteiger partial charge in [0.15, 0.2) is 0 Å². The Balaban J connectivity index is 1.63. The highest BCUT2D eigenvalue weighted by Crippen LogP contribution is 2.40. The summed E-state index contributed by atoms with van der Waals surface area (Å²) in [4.78, 5) is 11.4. The second kappa shape index (κ2) is 6.25. The second-order valence-electron chi connectivity index (χ2n) is 6.93. The Labute approximate surface area is 132 Å². The minimum absolute atomic E-state index is 0.111. The number of hydrogen-bond acceptors (Lipinski definition) is 3. The normalized spacial score (nSPS) is 27.2. The van der Waals surface area contributed by atoms with Crippen molar-refractivity contribution in [1.29, 1.82) is 0 Å². The molecule has 118 valence electrons. The molecule has 1 aromatic carbocycles. The minimum Gasteiger partial charge on any atom is -0.465 e. The highest BCUT2D eigenvalue weighted by atomic mass is 16.5. The predicted molar refractivity (Wildman–Crippen MR) is 87.7 cm³/mol. The van der Waals surface area contributed by atoms with Crippen LogP contribution in [0.2, 0.25) is 0 Å². The molecule has 2 atom stereocenters. The third-order valence-electron chi connectivity index (χ3n) is 4.97. The van der Waals surface area contributed by atoms with Crippen molar-refractivity contribution >= 4 is 5.97 Å². The quantitative estimate of drug-likeness (QED) is 0.678. The van der Waals surface area contributed by atoms with Crippen LogP contribution in [0.4, 0.5) is 0 Å². The molecule has 0 heterocycles. The molecule has 1 aromatic rings. The third-order valence-corrected chi connectivity index (χ3v) is 4.97. The van der Waals surface area contributed by atoms with E-state index in [2.05, 4.69) is 18.3 Å². The van der Waals surface area contributed by atoms with Crippen molar-refractivity contribution in [2.75, 3.05) is 7.11 Å². The van der Waals surface area contributed by atoms with Crippen LogP contribution >= 0.6 is 0 Å². The topological polar surface area (TPSA) is 38.3 Å². The van der Waals surface area contributed by atoms with Gasteiger partial charge in [0.2, 0.25) is 0 Å². The number of ether oxygens (including phenoxy) is 1. The first kappa shape index (κ1) is 15.3. The summed E-state index contributed by atoms with van der Waals surface area (Å²) in [5, 5.41) is 3.71. The molecule has 3 heteroatoms. The van der Waals surface area contributed by atoms with Crippen LogP contribution in [0.5, 0.6) is 0 Å². The lowest BCUT2D eigenvalue weighted by atomic mass is 9.71. The Morgan fingerprint density at radius 2 is 2.14 bits per heavy atom. The van der Waals surface area contributed by atoms with E-state index in [4.69, 9.17) is 4.74 Å². The van der Waals surface area contributed by atoms with Gasteiger partial charge in [-0.3, -0.25) is 0 Å². The van der Waals surface area contributed by atoms with Crippen LogP contribution in [-0.4, -0.2) is 18.6 Å². The molecular formula is C19H25NO2. The van der Waals surface area contributed by atoms with Crippen LogP contribution in [0, 0.1) is 5.92 Å². The molecule has 3 rings (SSSR count). The van der Waals surface area contributed by atoms with E-state index in [0.29, 0.717) is 5.56 Å². The van der Waals surface area contributed by atoms with E-state index in [1.807, 2.05) is 24.3 Å². The van der Waals surface area contributed by atoms with Gasteiger partial charge in [0.1, 0.15) is 0 Å². The zero-order valence-electron chi connectivity index (χ0n) is 13.5. The van der Waals surface area contributed by atoms with Crippen molar-refractivity contribution in [3.63, 3.8) is 0 Å². The van der Waals surface area contributed by atoms with Crippen molar-refractivity contribution in [3.8, 4) is 0 Å². The van der Waals surface area contributed by atoms with E-state index in [0.717, 1.165) is 12.5 Å². The first-order valence-electron chi connectivity index (χ1n) is 8.21. The van der Waals surface area contributed by atoms with E-state index in [1.165, 1.54) is 44.8 Å². The van der Waals surface area contributed by atoms with Gasteiger partial charge in [0.05, 0.1) is 12.7 Å². The van der Waals surface area contributed by atoms with E-state index in [1.54, 1.807) is 5.57 Å². The molecule has 3 nitrogen and oxygen atoms in total. The lowest BCUT2D eigenvalue weighted by Crippen LogP contribution is -2.44. The monoisotopic (exact) mass is 299 g/mol. The summed E-state index contributed by atoms with van der Waals surface area (Å²) < 4.78 is 4.73. The Hall–Kier alpha value is -1.61. The molecule has 1 fully saturated rings. The van der Waals surface area contributed by atoms with Crippen LogP contribution < -0.4 is 5.32 Å². The number of methoxy groups -OCH3 is 1. The van der Waals surface area contributed by atoms with Gasteiger partial charge in [-0.1, -0.05) is 23.8 Å². The Morgan fingerprint density at radius 3 is 2.82 bits per heavy atom. The predicted octanol–water partition coefficient (Wildman–Crippen LogP) is 3.84. The van der Waals surface area contributed by atoms with Gasteiger partial charge < -0.3 is 10.1 Å². The highest BCUT2D eigenvalue weighted by molar-refractivity contribution is 5.89. The van der Waals surface area contributed by atoms with Crippen molar-refractivity contribution in [2.24, 2.45) is 5.92 Å².